The van der Waals surface area contributed by atoms with Gasteiger partial charge in [0, 0.05) is 25.2 Å². The van der Waals surface area contributed by atoms with Crippen molar-refractivity contribution in [1.29, 1.82) is 0 Å². The molecule has 2 aromatic heterocycles. The number of carbonyl (C=O) groups is 2. The van der Waals surface area contributed by atoms with Gasteiger partial charge in [-0.3, -0.25) is 23.7 Å². The number of esters is 1. The summed E-state index contributed by atoms with van der Waals surface area (Å²) in [5.74, 6) is -1.73. The first kappa shape index (κ1) is 22.9. The van der Waals surface area contributed by atoms with Crippen LogP contribution in [0.1, 0.15) is 52.2 Å². The number of aryl methyl sites for hydroxylation is 1. The summed E-state index contributed by atoms with van der Waals surface area (Å²) in [5, 5.41) is 0.638. The summed E-state index contributed by atoms with van der Waals surface area (Å²) in [6.07, 6.45) is 2.14. The molecule has 0 aliphatic heterocycles. The summed E-state index contributed by atoms with van der Waals surface area (Å²) in [6.45, 7) is 3.28. The average molecular weight is 438 g/mol. The zero-order valence-corrected chi connectivity index (χ0v) is 18.6. The van der Waals surface area contributed by atoms with Gasteiger partial charge in [0.2, 0.25) is 5.78 Å². The van der Waals surface area contributed by atoms with E-state index in [1.807, 2.05) is 26.0 Å². The Morgan fingerprint density at radius 2 is 1.75 bits per heavy atom. The van der Waals surface area contributed by atoms with Gasteiger partial charge in [-0.05, 0) is 24.5 Å². The van der Waals surface area contributed by atoms with Crippen LogP contribution in [-0.2, 0) is 31.7 Å². The van der Waals surface area contributed by atoms with Crippen LogP contribution in [-0.4, -0.2) is 32.5 Å². The summed E-state index contributed by atoms with van der Waals surface area (Å²) >= 11 is 0. The van der Waals surface area contributed by atoms with E-state index in [-0.39, 0.29) is 11.4 Å². The molecule has 0 unspecified atom stereocenters. The third-order valence-corrected chi connectivity index (χ3v) is 5.45. The Labute approximate surface area is 184 Å². The van der Waals surface area contributed by atoms with E-state index in [1.165, 1.54) is 14.1 Å². The largest absolute Gasteiger partial charge is 0.454 e. The standard InChI is InChI=1S/C23H26N4O5/c1-5-9-15-13(6-2)18(14-10-7-8-11-16(14)25-15)22(30)32-12-17(28)19-20(24)26(3)23(31)27(4)21(19)29/h7-8,10-11H,5-6,9,12,24H2,1-4H3. The van der Waals surface area contributed by atoms with Crippen LogP contribution in [0.15, 0.2) is 33.9 Å². The fourth-order valence-corrected chi connectivity index (χ4v) is 3.76. The van der Waals surface area contributed by atoms with Gasteiger partial charge in [-0.2, -0.15) is 0 Å². The van der Waals surface area contributed by atoms with E-state index in [4.69, 9.17) is 15.5 Å². The van der Waals surface area contributed by atoms with Crippen molar-refractivity contribution in [3.8, 4) is 0 Å². The molecule has 0 fully saturated rings. The SMILES string of the molecule is CCCc1nc2ccccc2c(C(=O)OCC(=O)c2c(N)n(C)c(=O)n(C)c2=O)c1CC. The van der Waals surface area contributed by atoms with Crippen LogP contribution >= 0.6 is 0 Å². The minimum Gasteiger partial charge on any atom is -0.454 e. The van der Waals surface area contributed by atoms with E-state index in [2.05, 4.69) is 0 Å². The van der Waals surface area contributed by atoms with Crippen molar-refractivity contribution in [3.63, 3.8) is 0 Å². The highest BCUT2D eigenvalue weighted by Crippen LogP contribution is 2.26. The van der Waals surface area contributed by atoms with Gasteiger partial charge in [0.05, 0.1) is 11.1 Å². The number of rotatable bonds is 7. The molecule has 0 aliphatic rings. The molecule has 32 heavy (non-hydrogen) atoms. The van der Waals surface area contributed by atoms with E-state index >= 15 is 0 Å². The number of para-hydroxylation sites is 1. The molecule has 0 saturated heterocycles. The number of nitrogens with zero attached hydrogens (tertiary/aromatic N) is 3. The van der Waals surface area contributed by atoms with E-state index in [0.717, 1.165) is 26.8 Å². The summed E-state index contributed by atoms with van der Waals surface area (Å²) in [6, 6.07) is 7.26. The second kappa shape index (κ2) is 9.17. The monoisotopic (exact) mass is 438 g/mol. The van der Waals surface area contributed by atoms with Crippen molar-refractivity contribution in [1.82, 2.24) is 14.1 Å². The first-order valence-corrected chi connectivity index (χ1v) is 10.4. The highest BCUT2D eigenvalue weighted by molar-refractivity contribution is 6.07. The molecule has 9 nitrogen and oxygen atoms in total. The Balaban J connectivity index is 2.00. The van der Waals surface area contributed by atoms with Crippen LogP contribution < -0.4 is 17.0 Å². The maximum atomic E-state index is 13.1. The molecular weight excluding hydrogens is 412 g/mol. The molecule has 3 aromatic rings. The van der Waals surface area contributed by atoms with Gasteiger partial charge in [0.1, 0.15) is 11.4 Å². The molecule has 0 amide bonds. The minimum absolute atomic E-state index is 0.270. The van der Waals surface area contributed by atoms with Crippen LogP contribution in [0.25, 0.3) is 10.9 Å². The van der Waals surface area contributed by atoms with Gasteiger partial charge in [-0.25, -0.2) is 9.59 Å². The molecule has 3 rings (SSSR count). The molecule has 0 spiro atoms. The molecule has 0 saturated carbocycles. The van der Waals surface area contributed by atoms with Gasteiger partial charge in [0.25, 0.3) is 5.56 Å². The number of carbonyl (C=O) groups excluding carboxylic acids is 2. The van der Waals surface area contributed by atoms with Crippen molar-refractivity contribution in [2.24, 2.45) is 14.1 Å². The highest BCUT2D eigenvalue weighted by atomic mass is 16.5. The molecular formula is C23H26N4O5. The fraction of sp³-hybridized carbons (Fsp3) is 0.348. The van der Waals surface area contributed by atoms with Crippen molar-refractivity contribution in [2.75, 3.05) is 12.3 Å². The maximum absolute atomic E-state index is 13.1. The van der Waals surface area contributed by atoms with E-state index in [9.17, 15) is 19.2 Å². The topological polar surface area (TPSA) is 126 Å². The maximum Gasteiger partial charge on any atom is 0.339 e. The summed E-state index contributed by atoms with van der Waals surface area (Å²) in [7, 11) is 2.60. The number of anilines is 1. The smallest absolute Gasteiger partial charge is 0.339 e. The quantitative estimate of drug-likeness (QED) is 0.440. The Morgan fingerprint density at radius 1 is 1.06 bits per heavy atom. The van der Waals surface area contributed by atoms with Crippen molar-refractivity contribution < 1.29 is 14.3 Å². The Bertz CT molecular complexity index is 1340. The van der Waals surface area contributed by atoms with Gasteiger partial charge < -0.3 is 10.5 Å². The molecule has 0 bridgehead atoms. The van der Waals surface area contributed by atoms with Crippen molar-refractivity contribution >= 4 is 28.5 Å². The lowest BCUT2D eigenvalue weighted by Gasteiger charge is -2.15. The molecule has 9 heteroatoms. The zero-order valence-electron chi connectivity index (χ0n) is 18.6. The average Bonchev–Trinajstić information content (AvgIpc) is 2.79. The molecule has 2 N–H and O–H groups in total. The number of pyridine rings is 1. The van der Waals surface area contributed by atoms with Crippen LogP contribution in [0.4, 0.5) is 5.82 Å². The lowest BCUT2D eigenvalue weighted by molar-refractivity contribution is 0.0475. The lowest BCUT2D eigenvalue weighted by Crippen LogP contribution is -2.42. The highest BCUT2D eigenvalue weighted by Gasteiger charge is 2.24. The first-order valence-electron chi connectivity index (χ1n) is 10.4. The van der Waals surface area contributed by atoms with Crippen LogP contribution in [0.5, 0.6) is 0 Å². The molecule has 0 aliphatic carbocycles. The molecule has 1 aromatic carbocycles. The summed E-state index contributed by atoms with van der Waals surface area (Å²) in [5.41, 5.74) is 6.60. The first-order chi connectivity index (χ1) is 15.2. The molecule has 168 valence electrons. The molecule has 2 heterocycles. The van der Waals surface area contributed by atoms with Gasteiger partial charge in [-0.1, -0.05) is 38.5 Å². The number of ketones is 1. The Hall–Kier alpha value is -3.75. The second-order valence-electron chi connectivity index (χ2n) is 7.50. The molecule has 0 atom stereocenters. The van der Waals surface area contributed by atoms with Crippen LogP contribution in [0, 0.1) is 0 Å². The van der Waals surface area contributed by atoms with Gasteiger partial charge >= 0.3 is 11.7 Å². The number of ether oxygens (including phenoxy) is 1. The number of hydrogen-bond donors (Lipinski definition) is 1. The summed E-state index contributed by atoms with van der Waals surface area (Å²) < 4.78 is 7.13. The number of Topliss-reactive ketones (excluding diaryl/α,β-unsaturated/α-hetero) is 1. The van der Waals surface area contributed by atoms with Crippen molar-refractivity contribution in [2.45, 2.75) is 33.1 Å². The zero-order chi connectivity index (χ0) is 23.6. The third-order valence-electron chi connectivity index (χ3n) is 5.45. The number of benzene rings is 1. The second-order valence-corrected chi connectivity index (χ2v) is 7.50. The third kappa shape index (κ3) is 3.93. The van der Waals surface area contributed by atoms with Gasteiger partial charge in [-0.15, -0.1) is 0 Å². The number of hydrogen-bond acceptors (Lipinski definition) is 7. The van der Waals surface area contributed by atoms with Crippen molar-refractivity contribution in [3.05, 3.63) is 67.5 Å². The van der Waals surface area contributed by atoms with E-state index in [0.29, 0.717) is 29.3 Å². The number of fused-ring (bicyclic) bond motifs is 1. The fourth-order valence-electron chi connectivity index (χ4n) is 3.76. The summed E-state index contributed by atoms with van der Waals surface area (Å²) in [4.78, 5) is 54.9. The molecule has 0 radical (unpaired) electrons. The number of aromatic nitrogens is 3. The minimum atomic E-state index is -0.833. The normalized spacial score (nSPS) is 11.0. The Kier molecular flexibility index (Phi) is 6.57. The lowest BCUT2D eigenvalue weighted by atomic mass is 9.96. The van der Waals surface area contributed by atoms with Crippen LogP contribution in [0.2, 0.25) is 0 Å². The van der Waals surface area contributed by atoms with Gasteiger partial charge in [0.15, 0.2) is 6.61 Å². The Morgan fingerprint density at radius 3 is 2.41 bits per heavy atom. The number of nitrogen functional groups attached to an aromatic ring is 1. The predicted molar refractivity (Wildman–Crippen MR) is 121 cm³/mol. The predicted octanol–water partition coefficient (Wildman–Crippen LogP) is 1.77. The van der Waals surface area contributed by atoms with E-state index < -0.39 is 29.6 Å². The number of nitrogens with two attached hydrogens (primary N) is 1. The van der Waals surface area contributed by atoms with E-state index in [1.54, 1.807) is 12.1 Å². The van der Waals surface area contributed by atoms with Crippen LogP contribution in [0.3, 0.4) is 0 Å².